The topological polar surface area (TPSA) is 55.8 Å². The lowest BCUT2D eigenvalue weighted by molar-refractivity contribution is -0.123. The molecule has 164 valence electrons. The van der Waals surface area contributed by atoms with E-state index in [2.05, 4.69) is 0 Å². The molecule has 0 spiro atoms. The Morgan fingerprint density at radius 3 is 2.38 bits per heavy atom. The van der Waals surface area contributed by atoms with Crippen LogP contribution >= 0.6 is 11.8 Å². The molecule has 4 rings (SSSR count). The van der Waals surface area contributed by atoms with Crippen LogP contribution in [0.1, 0.15) is 30.5 Å². The number of imide groups is 1. The van der Waals surface area contributed by atoms with Crippen LogP contribution < -0.4 is 9.47 Å². The van der Waals surface area contributed by atoms with Crippen LogP contribution in [0, 0.1) is 6.92 Å². The Balaban J connectivity index is 1.73. The molecule has 0 N–H and O–H groups in total. The lowest BCUT2D eigenvalue weighted by Gasteiger charge is -2.13. The second kappa shape index (κ2) is 9.49. The second-order valence-corrected chi connectivity index (χ2v) is 8.47. The number of benzene rings is 3. The van der Waals surface area contributed by atoms with Crippen molar-refractivity contribution in [3.05, 3.63) is 76.2 Å². The van der Waals surface area contributed by atoms with Gasteiger partial charge in [0.05, 0.1) is 24.7 Å². The van der Waals surface area contributed by atoms with E-state index >= 15 is 0 Å². The summed E-state index contributed by atoms with van der Waals surface area (Å²) in [7, 11) is 0. The predicted molar refractivity (Wildman–Crippen MR) is 129 cm³/mol. The van der Waals surface area contributed by atoms with Crippen LogP contribution in [0.3, 0.4) is 0 Å². The number of carbonyl (C=O) groups is 2. The highest BCUT2D eigenvalue weighted by molar-refractivity contribution is 8.18. The SMILES string of the molecule is CCOc1ccc2ccc(OCC)c(/C=C3\SC(=O)N(Cc4ccc(C)cc4)C3=O)c2c1. The van der Waals surface area contributed by atoms with E-state index in [4.69, 9.17) is 9.47 Å². The fraction of sp³-hybridized carbons (Fsp3) is 0.231. The molecule has 3 aromatic carbocycles. The highest BCUT2D eigenvalue weighted by Gasteiger charge is 2.35. The quantitative estimate of drug-likeness (QED) is 0.405. The maximum Gasteiger partial charge on any atom is 0.293 e. The molecule has 0 saturated carbocycles. The number of thioether (sulfide) groups is 1. The fourth-order valence-corrected chi connectivity index (χ4v) is 4.45. The Hall–Kier alpha value is -3.25. The first-order valence-corrected chi connectivity index (χ1v) is 11.4. The summed E-state index contributed by atoms with van der Waals surface area (Å²) in [6, 6.07) is 17.6. The van der Waals surface area contributed by atoms with Gasteiger partial charge in [-0.25, -0.2) is 0 Å². The summed E-state index contributed by atoms with van der Waals surface area (Å²) in [6.07, 6.45) is 1.77. The zero-order chi connectivity index (χ0) is 22.7. The normalized spacial score (nSPS) is 15.1. The molecule has 0 aromatic heterocycles. The molecule has 2 amide bonds. The first-order chi connectivity index (χ1) is 15.5. The summed E-state index contributed by atoms with van der Waals surface area (Å²) >= 11 is 0.961. The van der Waals surface area contributed by atoms with Gasteiger partial charge in [-0.1, -0.05) is 42.0 Å². The molecule has 1 aliphatic heterocycles. The van der Waals surface area contributed by atoms with Gasteiger partial charge in [0.25, 0.3) is 11.1 Å². The van der Waals surface area contributed by atoms with Crippen molar-refractivity contribution >= 4 is 39.8 Å². The number of aryl methyl sites for hydroxylation is 1. The molecule has 0 atom stereocenters. The van der Waals surface area contributed by atoms with Gasteiger partial charge >= 0.3 is 0 Å². The number of carbonyl (C=O) groups excluding carboxylic acids is 2. The predicted octanol–water partition coefficient (Wildman–Crippen LogP) is 6.18. The van der Waals surface area contributed by atoms with Crippen LogP contribution in [0.15, 0.2) is 59.5 Å². The van der Waals surface area contributed by atoms with E-state index < -0.39 is 0 Å². The van der Waals surface area contributed by atoms with Gasteiger partial charge in [0.1, 0.15) is 11.5 Å². The van der Waals surface area contributed by atoms with Gasteiger partial charge in [0.15, 0.2) is 0 Å². The Morgan fingerprint density at radius 1 is 0.938 bits per heavy atom. The zero-order valence-electron chi connectivity index (χ0n) is 18.4. The van der Waals surface area contributed by atoms with E-state index in [1.807, 2.05) is 75.4 Å². The second-order valence-electron chi connectivity index (χ2n) is 7.48. The smallest absolute Gasteiger partial charge is 0.293 e. The highest BCUT2D eigenvalue weighted by atomic mass is 32.2. The molecule has 0 unspecified atom stereocenters. The van der Waals surface area contributed by atoms with Crippen molar-refractivity contribution < 1.29 is 19.1 Å². The van der Waals surface area contributed by atoms with Gasteiger partial charge in [-0.2, -0.15) is 0 Å². The van der Waals surface area contributed by atoms with E-state index in [1.165, 1.54) is 4.90 Å². The van der Waals surface area contributed by atoms with Crippen LogP contribution in [-0.2, 0) is 11.3 Å². The van der Waals surface area contributed by atoms with Crippen molar-refractivity contribution in [2.75, 3.05) is 13.2 Å². The van der Waals surface area contributed by atoms with E-state index in [9.17, 15) is 9.59 Å². The minimum Gasteiger partial charge on any atom is -0.494 e. The maximum atomic E-state index is 13.1. The number of hydrogen-bond donors (Lipinski definition) is 0. The summed E-state index contributed by atoms with van der Waals surface area (Å²) in [6.45, 7) is 7.16. The van der Waals surface area contributed by atoms with E-state index in [-0.39, 0.29) is 17.7 Å². The van der Waals surface area contributed by atoms with E-state index in [0.717, 1.165) is 45.0 Å². The first kappa shape index (κ1) is 22.0. The summed E-state index contributed by atoms with van der Waals surface area (Å²) in [4.78, 5) is 27.4. The molecule has 5 nitrogen and oxygen atoms in total. The van der Waals surface area contributed by atoms with Gasteiger partial charge in [-0.05, 0) is 73.1 Å². The van der Waals surface area contributed by atoms with Crippen LogP contribution in [0.25, 0.3) is 16.8 Å². The lowest BCUT2D eigenvalue weighted by atomic mass is 10.0. The van der Waals surface area contributed by atoms with Gasteiger partial charge in [-0.15, -0.1) is 0 Å². The van der Waals surface area contributed by atoms with Crippen LogP contribution in [0.5, 0.6) is 11.5 Å². The number of ether oxygens (including phenoxy) is 2. The molecule has 32 heavy (non-hydrogen) atoms. The van der Waals surface area contributed by atoms with Crippen molar-refractivity contribution in [2.24, 2.45) is 0 Å². The summed E-state index contributed by atoms with van der Waals surface area (Å²) < 4.78 is 11.5. The number of hydrogen-bond acceptors (Lipinski definition) is 5. The Kier molecular flexibility index (Phi) is 6.51. The molecule has 3 aromatic rings. The van der Waals surface area contributed by atoms with Gasteiger partial charge in [0, 0.05) is 5.56 Å². The molecule has 0 aliphatic carbocycles. The lowest BCUT2D eigenvalue weighted by Crippen LogP contribution is -2.27. The molecule has 0 radical (unpaired) electrons. The first-order valence-electron chi connectivity index (χ1n) is 10.6. The summed E-state index contributed by atoms with van der Waals surface area (Å²) in [5.74, 6) is 1.12. The average molecular weight is 448 g/mol. The van der Waals surface area contributed by atoms with Gasteiger partial charge in [-0.3, -0.25) is 14.5 Å². The number of rotatable bonds is 7. The van der Waals surface area contributed by atoms with Crippen molar-refractivity contribution in [3.63, 3.8) is 0 Å². The molecule has 0 bridgehead atoms. The van der Waals surface area contributed by atoms with Crippen molar-refractivity contribution in [3.8, 4) is 11.5 Å². The third kappa shape index (κ3) is 4.50. The number of amides is 2. The van der Waals surface area contributed by atoms with Crippen molar-refractivity contribution in [1.29, 1.82) is 0 Å². The minimum atomic E-state index is -0.291. The maximum absolute atomic E-state index is 13.1. The number of fused-ring (bicyclic) bond motifs is 1. The van der Waals surface area contributed by atoms with Crippen LogP contribution in [-0.4, -0.2) is 29.3 Å². The van der Waals surface area contributed by atoms with Gasteiger partial charge in [0.2, 0.25) is 0 Å². The monoisotopic (exact) mass is 447 g/mol. The summed E-state index contributed by atoms with van der Waals surface area (Å²) in [5.41, 5.74) is 2.82. The van der Waals surface area contributed by atoms with Gasteiger partial charge < -0.3 is 9.47 Å². The third-order valence-electron chi connectivity index (χ3n) is 5.22. The Bertz CT molecular complexity index is 1200. The third-order valence-corrected chi connectivity index (χ3v) is 6.12. The molecule has 6 heteroatoms. The van der Waals surface area contributed by atoms with Crippen molar-refractivity contribution in [2.45, 2.75) is 27.3 Å². The minimum absolute atomic E-state index is 0.255. The molecule has 1 aliphatic rings. The van der Waals surface area contributed by atoms with Crippen LogP contribution in [0.2, 0.25) is 0 Å². The van der Waals surface area contributed by atoms with E-state index in [0.29, 0.717) is 23.9 Å². The van der Waals surface area contributed by atoms with Crippen molar-refractivity contribution in [1.82, 2.24) is 4.90 Å². The zero-order valence-corrected chi connectivity index (χ0v) is 19.2. The molecule has 1 heterocycles. The number of nitrogens with zero attached hydrogens (tertiary/aromatic N) is 1. The summed E-state index contributed by atoms with van der Waals surface area (Å²) in [5, 5.41) is 1.64. The molecule has 1 fully saturated rings. The van der Waals surface area contributed by atoms with Crippen LogP contribution in [0.4, 0.5) is 4.79 Å². The molecular weight excluding hydrogens is 422 g/mol. The standard InChI is InChI=1S/C26H25NO4S/c1-4-30-20-12-10-19-11-13-23(31-5-2)22(21(19)14-20)15-24-25(28)27(26(29)32-24)16-18-8-6-17(3)7-9-18/h6-15H,4-5,16H2,1-3H3/b24-15-. The Morgan fingerprint density at radius 2 is 1.66 bits per heavy atom. The molecular formula is C26H25NO4S. The fourth-order valence-electron chi connectivity index (χ4n) is 3.63. The average Bonchev–Trinajstić information content (AvgIpc) is 3.04. The van der Waals surface area contributed by atoms with E-state index in [1.54, 1.807) is 6.08 Å². The molecule has 1 saturated heterocycles. The Labute approximate surface area is 192 Å². The highest BCUT2D eigenvalue weighted by Crippen LogP contribution is 2.38. The largest absolute Gasteiger partial charge is 0.494 e.